The zero-order chi connectivity index (χ0) is 13.9. The molecule has 0 radical (unpaired) electrons. The maximum atomic E-state index is 11.8. The maximum absolute atomic E-state index is 11.8. The number of H-pyrrole nitrogens is 1. The Hall–Kier alpha value is -2.17. The monoisotopic (exact) mass is 258 g/mol. The maximum Gasteiger partial charge on any atom is 0.287 e. The van der Waals surface area contributed by atoms with Crippen molar-refractivity contribution in [1.29, 1.82) is 0 Å². The average Bonchev–Trinajstić information content (AvgIpc) is 2.89. The van der Waals surface area contributed by atoms with E-state index in [2.05, 4.69) is 41.0 Å². The number of hydrogen-bond donors (Lipinski definition) is 2. The number of hydrogen-bond acceptors (Lipinski definition) is 3. The smallest absolute Gasteiger partial charge is 0.287 e. The molecular weight excluding hydrogens is 240 g/mol. The highest BCUT2D eigenvalue weighted by molar-refractivity contribution is 5.90. The van der Waals surface area contributed by atoms with Crippen LogP contribution in [0.25, 0.3) is 0 Å². The van der Waals surface area contributed by atoms with Crippen molar-refractivity contribution >= 4 is 5.91 Å². The van der Waals surface area contributed by atoms with E-state index in [0.717, 1.165) is 5.56 Å². The number of carbonyl (C=O) groups is 1. The van der Waals surface area contributed by atoms with Crippen molar-refractivity contribution in [2.24, 2.45) is 0 Å². The fourth-order valence-electron chi connectivity index (χ4n) is 1.95. The molecule has 0 bridgehead atoms. The summed E-state index contributed by atoms with van der Waals surface area (Å²) in [5.41, 5.74) is 2.23. The molecule has 5 nitrogen and oxygen atoms in total. The van der Waals surface area contributed by atoms with E-state index in [1.165, 1.54) is 5.56 Å². The van der Waals surface area contributed by atoms with Crippen LogP contribution in [-0.4, -0.2) is 20.9 Å². The molecule has 2 aromatic heterocycles. The minimum absolute atomic E-state index is 0.0215. The number of rotatable bonds is 3. The van der Waals surface area contributed by atoms with Gasteiger partial charge in [0.15, 0.2) is 5.82 Å². The lowest BCUT2D eigenvalue weighted by Crippen LogP contribution is -2.26. The summed E-state index contributed by atoms with van der Waals surface area (Å²) < 4.78 is 0. The van der Waals surface area contributed by atoms with Crippen molar-refractivity contribution in [3.63, 3.8) is 0 Å². The van der Waals surface area contributed by atoms with Crippen molar-refractivity contribution in [1.82, 2.24) is 20.3 Å². The van der Waals surface area contributed by atoms with Gasteiger partial charge in [-0.3, -0.25) is 9.78 Å². The third kappa shape index (κ3) is 3.19. The molecule has 0 aliphatic rings. The Balaban J connectivity index is 2.10. The van der Waals surface area contributed by atoms with Gasteiger partial charge in [0.1, 0.15) is 0 Å². The zero-order valence-corrected chi connectivity index (χ0v) is 11.4. The number of pyridine rings is 1. The molecule has 0 spiro atoms. The normalized spacial score (nSPS) is 11.3. The molecule has 19 heavy (non-hydrogen) atoms. The number of amides is 1. The number of carbonyl (C=O) groups excluding carboxylic acids is 1. The van der Waals surface area contributed by atoms with E-state index in [9.17, 15) is 4.79 Å². The first kappa shape index (κ1) is 13.3. The standard InChI is InChI=1S/C14H18N4O/c1-14(2,3)11-4-5-15-8-10(11)9-18-13(19)12-16-6-7-17-12/h4-8H,9H2,1-3H3,(H,16,17)(H,18,19). The first-order valence-electron chi connectivity index (χ1n) is 6.19. The molecule has 2 heterocycles. The highest BCUT2D eigenvalue weighted by Crippen LogP contribution is 2.24. The molecule has 100 valence electrons. The van der Waals surface area contributed by atoms with Gasteiger partial charge < -0.3 is 10.3 Å². The lowest BCUT2D eigenvalue weighted by molar-refractivity contribution is 0.0941. The van der Waals surface area contributed by atoms with E-state index in [-0.39, 0.29) is 11.3 Å². The first-order valence-corrected chi connectivity index (χ1v) is 6.19. The quantitative estimate of drug-likeness (QED) is 0.885. The van der Waals surface area contributed by atoms with E-state index in [1.807, 2.05) is 6.07 Å². The van der Waals surface area contributed by atoms with Gasteiger partial charge in [0, 0.05) is 31.3 Å². The molecule has 0 saturated carbocycles. The van der Waals surface area contributed by atoms with Gasteiger partial charge in [0.25, 0.3) is 5.91 Å². The van der Waals surface area contributed by atoms with Crippen LogP contribution < -0.4 is 5.32 Å². The topological polar surface area (TPSA) is 70.7 Å². The Bertz CT molecular complexity index is 555. The van der Waals surface area contributed by atoms with Crippen LogP contribution in [0.3, 0.4) is 0 Å². The molecule has 2 rings (SSSR count). The number of nitrogens with one attached hydrogen (secondary N) is 2. The summed E-state index contributed by atoms with van der Waals surface area (Å²) >= 11 is 0. The van der Waals surface area contributed by atoms with Gasteiger partial charge in [-0.15, -0.1) is 0 Å². The Labute approximate surface area is 112 Å². The SMILES string of the molecule is CC(C)(C)c1ccncc1CNC(=O)c1ncc[nH]1. The van der Waals surface area contributed by atoms with Crippen LogP contribution in [0.5, 0.6) is 0 Å². The van der Waals surface area contributed by atoms with Crippen molar-refractivity contribution in [2.75, 3.05) is 0 Å². The van der Waals surface area contributed by atoms with Gasteiger partial charge in [-0.1, -0.05) is 20.8 Å². The second-order valence-corrected chi connectivity index (χ2v) is 5.40. The molecule has 1 amide bonds. The molecule has 0 atom stereocenters. The Kier molecular flexibility index (Phi) is 3.64. The molecule has 0 aliphatic carbocycles. The van der Waals surface area contributed by atoms with Crippen LogP contribution in [0.1, 0.15) is 42.5 Å². The molecule has 0 saturated heterocycles. The van der Waals surface area contributed by atoms with Gasteiger partial charge in [-0.2, -0.15) is 0 Å². The lowest BCUT2D eigenvalue weighted by Gasteiger charge is -2.22. The minimum atomic E-state index is -0.214. The molecular formula is C14H18N4O. The van der Waals surface area contributed by atoms with Crippen molar-refractivity contribution in [3.8, 4) is 0 Å². The second kappa shape index (κ2) is 5.22. The Morgan fingerprint density at radius 2 is 2.16 bits per heavy atom. The molecule has 0 aromatic carbocycles. The summed E-state index contributed by atoms with van der Waals surface area (Å²) in [7, 11) is 0. The van der Waals surface area contributed by atoms with Gasteiger partial charge in [0.05, 0.1) is 0 Å². The third-order valence-corrected chi connectivity index (χ3v) is 2.86. The highest BCUT2D eigenvalue weighted by atomic mass is 16.2. The number of nitrogens with zero attached hydrogens (tertiary/aromatic N) is 2. The average molecular weight is 258 g/mol. The van der Waals surface area contributed by atoms with E-state index in [1.54, 1.807) is 24.8 Å². The summed E-state index contributed by atoms with van der Waals surface area (Å²) in [5, 5.41) is 2.84. The van der Waals surface area contributed by atoms with E-state index < -0.39 is 0 Å². The van der Waals surface area contributed by atoms with Crippen molar-refractivity contribution in [3.05, 3.63) is 47.8 Å². The fraction of sp³-hybridized carbons (Fsp3) is 0.357. The van der Waals surface area contributed by atoms with Gasteiger partial charge >= 0.3 is 0 Å². The predicted molar refractivity (Wildman–Crippen MR) is 72.7 cm³/mol. The van der Waals surface area contributed by atoms with Crippen LogP contribution in [0.2, 0.25) is 0 Å². The van der Waals surface area contributed by atoms with E-state index in [4.69, 9.17) is 0 Å². The number of imidazole rings is 1. The molecule has 0 unspecified atom stereocenters. The van der Waals surface area contributed by atoms with E-state index >= 15 is 0 Å². The van der Waals surface area contributed by atoms with Crippen LogP contribution in [0, 0.1) is 0 Å². The third-order valence-electron chi connectivity index (χ3n) is 2.86. The Morgan fingerprint density at radius 3 is 2.79 bits per heavy atom. The molecule has 2 aromatic rings. The van der Waals surface area contributed by atoms with E-state index in [0.29, 0.717) is 12.4 Å². The molecule has 0 aliphatic heterocycles. The predicted octanol–water partition coefficient (Wildman–Crippen LogP) is 2.03. The molecule has 0 fully saturated rings. The largest absolute Gasteiger partial charge is 0.345 e. The van der Waals surface area contributed by atoms with Crippen molar-refractivity contribution in [2.45, 2.75) is 32.7 Å². The molecule has 5 heteroatoms. The van der Waals surface area contributed by atoms with Gasteiger partial charge in [-0.25, -0.2) is 4.98 Å². The van der Waals surface area contributed by atoms with Gasteiger partial charge in [-0.05, 0) is 22.6 Å². The highest BCUT2D eigenvalue weighted by Gasteiger charge is 2.18. The molecule has 2 N–H and O–H groups in total. The van der Waals surface area contributed by atoms with Crippen molar-refractivity contribution < 1.29 is 4.79 Å². The van der Waals surface area contributed by atoms with Crippen LogP contribution >= 0.6 is 0 Å². The Morgan fingerprint density at radius 1 is 1.37 bits per heavy atom. The summed E-state index contributed by atoms with van der Waals surface area (Å²) in [5.74, 6) is 0.106. The minimum Gasteiger partial charge on any atom is -0.345 e. The summed E-state index contributed by atoms with van der Waals surface area (Å²) in [6.07, 6.45) is 6.75. The number of aromatic amines is 1. The summed E-state index contributed by atoms with van der Waals surface area (Å²) in [6, 6.07) is 1.99. The fourth-order valence-corrected chi connectivity index (χ4v) is 1.95. The zero-order valence-electron chi connectivity index (χ0n) is 11.4. The first-order chi connectivity index (χ1) is 8.98. The second-order valence-electron chi connectivity index (χ2n) is 5.40. The van der Waals surface area contributed by atoms with Gasteiger partial charge in [0.2, 0.25) is 0 Å². The number of aromatic nitrogens is 3. The summed E-state index contributed by atoms with van der Waals surface area (Å²) in [4.78, 5) is 22.6. The lowest BCUT2D eigenvalue weighted by atomic mass is 9.85. The van der Waals surface area contributed by atoms with Crippen LogP contribution in [0.4, 0.5) is 0 Å². The van der Waals surface area contributed by atoms with Crippen LogP contribution in [-0.2, 0) is 12.0 Å². The summed E-state index contributed by atoms with van der Waals surface area (Å²) in [6.45, 7) is 6.86. The van der Waals surface area contributed by atoms with Crippen LogP contribution in [0.15, 0.2) is 30.9 Å².